The van der Waals surface area contributed by atoms with Gasteiger partial charge in [-0.2, -0.15) is 0 Å². The quantitative estimate of drug-likeness (QED) is 0.398. The van der Waals surface area contributed by atoms with Crippen LogP contribution in [0.3, 0.4) is 0 Å². The second kappa shape index (κ2) is 8.91. The number of benzene rings is 1. The highest BCUT2D eigenvalue weighted by Gasteiger charge is 2.14. The van der Waals surface area contributed by atoms with Crippen molar-refractivity contribution < 1.29 is 4.79 Å². The number of rotatable bonds is 7. The number of hydrogen-bond acceptors (Lipinski definition) is 6. The molecule has 4 aromatic rings. The molecule has 0 aliphatic carbocycles. The Morgan fingerprint density at radius 3 is 2.59 bits per heavy atom. The highest BCUT2D eigenvalue weighted by atomic mass is 32.1. The molecule has 0 aliphatic heterocycles. The Morgan fingerprint density at radius 2 is 1.88 bits per heavy atom. The number of H-pyrrole nitrogens is 2. The molecule has 3 N–H and O–H groups in total. The fourth-order valence-corrected chi connectivity index (χ4v) is 4.37. The molecule has 0 unspecified atom stereocenters. The average Bonchev–Trinajstić information content (AvgIpc) is 3.35. The molecular weight excluding hydrogens is 428 g/mol. The summed E-state index contributed by atoms with van der Waals surface area (Å²) >= 11 is 1.43. The lowest BCUT2D eigenvalue weighted by molar-refractivity contribution is -0.116. The van der Waals surface area contributed by atoms with Crippen molar-refractivity contribution in [2.24, 2.45) is 7.05 Å². The van der Waals surface area contributed by atoms with Crippen molar-refractivity contribution in [3.05, 3.63) is 61.4 Å². The van der Waals surface area contributed by atoms with Crippen LogP contribution >= 0.6 is 11.3 Å². The number of nitrogens with one attached hydrogen (secondary N) is 3. The van der Waals surface area contributed by atoms with E-state index in [1.54, 1.807) is 0 Å². The van der Waals surface area contributed by atoms with E-state index in [-0.39, 0.29) is 23.5 Å². The van der Waals surface area contributed by atoms with Crippen molar-refractivity contribution in [2.75, 3.05) is 5.32 Å². The van der Waals surface area contributed by atoms with Crippen molar-refractivity contribution in [2.45, 2.75) is 39.5 Å². The number of carbonyl (C=O) groups is 1. The second-order valence-electron chi connectivity index (χ2n) is 7.62. The smallest absolute Gasteiger partial charge is 0.329 e. The molecule has 0 saturated heterocycles. The van der Waals surface area contributed by atoms with Gasteiger partial charge in [-0.3, -0.25) is 19.1 Å². The van der Waals surface area contributed by atoms with Gasteiger partial charge in [-0.15, -0.1) is 11.3 Å². The van der Waals surface area contributed by atoms with Crippen LogP contribution in [-0.2, 0) is 24.7 Å². The molecule has 0 atom stereocenters. The molecule has 1 aromatic carbocycles. The van der Waals surface area contributed by atoms with E-state index in [0.717, 1.165) is 29.0 Å². The van der Waals surface area contributed by atoms with Crippen molar-refractivity contribution in [1.82, 2.24) is 24.5 Å². The monoisotopic (exact) mass is 452 g/mol. The van der Waals surface area contributed by atoms with Crippen LogP contribution in [0, 0.1) is 6.92 Å². The summed E-state index contributed by atoms with van der Waals surface area (Å²) in [6, 6.07) is 8.36. The second-order valence-corrected chi connectivity index (χ2v) is 8.82. The number of fused-ring (bicyclic) bond motifs is 1. The van der Waals surface area contributed by atoms with Gasteiger partial charge in [0.1, 0.15) is 11.3 Å². The van der Waals surface area contributed by atoms with E-state index in [1.165, 1.54) is 28.5 Å². The first-order valence-corrected chi connectivity index (χ1v) is 11.2. The summed E-state index contributed by atoms with van der Waals surface area (Å²) in [5.41, 5.74) is 2.60. The molecule has 9 nitrogen and oxygen atoms in total. The normalized spacial score (nSPS) is 11.2. The highest BCUT2D eigenvalue weighted by molar-refractivity contribution is 7.16. The van der Waals surface area contributed by atoms with Gasteiger partial charge < -0.3 is 10.3 Å². The van der Waals surface area contributed by atoms with E-state index < -0.39 is 11.2 Å². The van der Waals surface area contributed by atoms with Crippen LogP contribution in [-0.4, -0.2) is 30.4 Å². The number of nitrogens with zero attached hydrogens (tertiary/aromatic N) is 3. The van der Waals surface area contributed by atoms with E-state index in [0.29, 0.717) is 17.4 Å². The molecule has 1 amide bonds. The number of imidazole rings is 1. The number of aromatic nitrogens is 5. The number of amides is 1. The van der Waals surface area contributed by atoms with Crippen molar-refractivity contribution in [3.8, 4) is 11.3 Å². The van der Waals surface area contributed by atoms with Crippen molar-refractivity contribution in [3.63, 3.8) is 0 Å². The van der Waals surface area contributed by atoms with Crippen LogP contribution in [0.25, 0.3) is 22.4 Å². The molecule has 3 heterocycles. The van der Waals surface area contributed by atoms with Gasteiger partial charge in [-0.25, -0.2) is 14.8 Å². The number of aromatic amines is 2. The molecule has 0 fully saturated rings. The number of carbonyl (C=O) groups excluding carboxylic acids is 1. The van der Waals surface area contributed by atoms with E-state index in [2.05, 4.69) is 56.4 Å². The number of anilines is 1. The van der Waals surface area contributed by atoms with Crippen molar-refractivity contribution in [1.29, 1.82) is 0 Å². The summed E-state index contributed by atoms with van der Waals surface area (Å²) in [7, 11) is 1.53. The van der Waals surface area contributed by atoms with Gasteiger partial charge in [0.15, 0.2) is 10.8 Å². The molecular formula is C22H24N6O3S. The number of thiazole rings is 1. The first kappa shape index (κ1) is 21.7. The lowest BCUT2D eigenvalue weighted by Gasteiger charge is -2.02. The zero-order valence-electron chi connectivity index (χ0n) is 18.1. The summed E-state index contributed by atoms with van der Waals surface area (Å²) in [5.74, 6) is 0.261. The standard InChI is InChI=1S/C22H24N6O3S/c1-4-5-13-6-8-14(9-7-13)17-12(2)32-21(26-17)25-16(29)11-10-15-23-18-19(24-15)28(3)22(31)27-20(18)30/h6-9H,4-5,10-11H2,1-3H3,(H,23,24)(H,25,26,29)(H,27,30,31). The predicted molar refractivity (Wildman–Crippen MR) is 125 cm³/mol. The lowest BCUT2D eigenvalue weighted by atomic mass is 10.1. The Hall–Kier alpha value is -3.53. The first-order chi connectivity index (χ1) is 15.4. The first-order valence-electron chi connectivity index (χ1n) is 10.4. The molecule has 4 rings (SSSR count). The number of hydrogen-bond donors (Lipinski definition) is 3. The van der Waals surface area contributed by atoms with E-state index >= 15 is 0 Å². The number of aryl methyl sites for hydroxylation is 4. The third-order valence-corrected chi connectivity index (χ3v) is 6.09. The zero-order chi connectivity index (χ0) is 22.8. The van der Waals surface area contributed by atoms with Crippen molar-refractivity contribution >= 4 is 33.5 Å². The zero-order valence-corrected chi connectivity index (χ0v) is 18.9. The van der Waals surface area contributed by atoms with Gasteiger partial charge in [-0.05, 0) is 18.9 Å². The topological polar surface area (TPSA) is 126 Å². The summed E-state index contributed by atoms with van der Waals surface area (Å²) < 4.78 is 1.26. The predicted octanol–water partition coefficient (Wildman–Crippen LogP) is 2.91. The van der Waals surface area contributed by atoms with E-state index in [1.807, 2.05) is 6.92 Å². The third kappa shape index (κ3) is 4.40. The van der Waals surface area contributed by atoms with Gasteiger partial charge in [0.2, 0.25) is 5.91 Å². The van der Waals surface area contributed by atoms with Crippen LogP contribution in [0.4, 0.5) is 5.13 Å². The van der Waals surface area contributed by atoms with E-state index in [4.69, 9.17) is 0 Å². The van der Waals surface area contributed by atoms with Gasteiger partial charge >= 0.3 is 5.69 Å². The van der Waals surface area contributed by atoms with Crippen LogP contribution in [0.1, 0.15) is 36.0 Å². The molecule has 0 bridgehead atoms. The molecule has 0 spiro atoms. The SMILES string of the molecule is CCCc1ccc(-c2nc(NC(=O)CCc3nc4c([nH]3)c(=O)[nH]c(=O)n4C)sc2C)cc1. The fraction of sp³-hybridized carbons (Fsp3) is 0.318. The highest BCUT2D eigenvalue weighted by Crippen LogP contribution is 2.30. The molecule has 0 saturated carbocycles. The molecule has 0 radical (unpaired) electrons. The largest absolute Gasteiger partial charge is 0.336 e. The minimum atomic E-state index is -0.534. The molecule has 166 valence electrons. The van der Waals surface area contributed by atoms with Crippen LogP contribution in [0.2, 0.25) is 0 Å². The van der Waals surface area contributed by atoms with Gasteiger partial charge in [0, 0.05) is 30.3 Å². The summed E-state index contributed by atoms with van der Waals surface area (Å²) in [4.78, 5) is 51.1. The van der Waals surface area contributed by atoms with Gasteiger partial charge in [-0.1, -0.05) is 37.6 Å². The van der Waals surface area contributed by atoms with Gasteiger partial charge in [0.05, 0.1) is 5.69 Å². The lowest BCUT2D eigenvalue weighted by Crippen LogP contribution is -2.28. The minimum Gasteiger partial charge on any atom is -0.336 e. The average molecular weight is 453 g/mol. The molecule has 32 heavy (non-hydrogen) atoms. The van der Waals surface area contributed by atoms with Crippen LogP contribution in [0.15, 0.2) is 33.9 Å². The maximum atomic E-state index is 12.5. The maximum absolute atomic E-state index is 12.5. The third-order valence-electron chi connectivity index (χ3n) is 5.20. The Morgan fingerprint density at radius 1 is 1.12 bits per heavy atom. The Kier molecular flexibility index (Phi) is 6.04. The molecule has 0 aliphatic rings. The summed E-state index contributed by atoms with van der Waals surface area (Å²) in [6.07, 6.45) is 2.61. The van der Waals surface area contributed by atoms with E-state index in [9.17, 15) is 14.4 Å². The Bertz CT molecular complexity index is 1390. The van der Waals surface area contributed by atoms with Crippen LogP contribution in [0.5, 0.6) is 0 Å². The van der Waals surface area contributed by atoms with Gasteiger partial charge in [0.25, 0.3) is 5.56 Å². The fourth-order valence-electron chi connectivity index (χ4n) is 3.52. The summed E-state index contributed by atoms with van der Waals surface area (Å²) in [5, 5.41) is 3.39. The Labute approximate surface area is 187 Å². The molecule has 10 heteroatoms. The minimum absolute atomic E-state index is 0.158. The summed E-state index contributed by atoms with van der Waals surface area (Å²) in [6.45, 7) is 4.14. The maximum Gasteiger partial charge on any atom is 0.329 e. The molecule has 3 aromatic heterocycles. The van der Waals surface area contributed by atoms with Crippen LogP contribution < -0.4 is 16.6 Å². The Balaban J connectivity index is 1.43.